The van der Waals surface area contributed by atoms with E-state index in [-0.39, 0.29) is 29.3 Å². The number of carbonyl (C=O) groups excluding carboxylic acids is 2. The summed E-state index contributed by atoms with van der Waals surface area (Å²) in [5.74, 6) is 1.57. The summed E-state index contributed by atoms with van der Waals surface area (Å²) in [6, 6.07) is 6.60. The Kier molecular flexibility index (Phi) is 5.86. The van der Waals surface area contributed by atoms with Gasteiger partial charge >= 0.3 is 5.97 Å². The lowest BCUT2D eigenvalue weighted by atomic mass is 9.58. The fourth-order valence-corrected chi connectivity index (χ4v) is 8.17. The molecule has 2 aliphatic heterocycles. The lowest BCUT2D eigenvalue weighted by molar-refractivity contribution is -0.177. The maximum Gasteiger partial charge on any atom is 0.303 e. The number of carbonyl (C=O) groups is 2. The van der Waals surface area contributed by atoms with Gasteiger partial charge in [0.2, 0.25) is 5.91 Å². The van der Waals surface area contributed by atoms with Crippen molar-refractivity contribution in [1.29, 1.82) is 0 Å². The van der Waals surface area contributed by atoms with Crippen molar-refractivity contribution in [2.45, 2.75) is 88.2 Å². The number of ether oxygens (including phenoxy) is 2. The molecule has 190 valence electrons. The number of hydrogen-bond donors (Lipinski definition) is 0. The number of amides is 1. The summed E-state index contributed by atoms with van der Waals surface area (Å²) in [5, 5.41) is 0. The summed E-state index contributed by atoms with van der Waals surface area (Å²) in [6.45, 7) is 5.41. The molecule has 6 nitrogen and oxygen atoms in total. The van der Waals surface area contributed by atoms with Crippen molar-refractivity contribution in [1.82, 2.24) is 9.80 Å². The highest BCUT2D eigenvalue weighted by Crippen LogP contribution is 2.63. The monoisotopic (exact) mass is 480 g/mol. The number of fused-ring (bicyclic) bond motifs is 1. The normalized spacial score (nSPS) is 34.5. The highest BCUT2D eigenvalue weighted by atomic mass is 16.6. The predicted octanol–water partition coefficient (Wildman–Crippen LogP) is 4.09. The topological polar surface area (TPSA) is 59.1 Å². The van der Waals surface area contributed by atoms with E-state index in [1.54, 1.807) is 14.0 Å². The second-order valence-electron chi connectivity index (χ2n) is 11.8. The Morgan fingerprint density at radius 2 is 1.86 bits per heavy atom. The number of rotatable bonds is 5. The van der Waals surface area contributed by atoms with Gasteiger partial charge in [0, 0.05) is 44.3 Å². The quantitative estimate of drug-likeness (QED) is 0.594. The average molecular weight is 481 g/mol. The molecule has 0 radical (unpaired) electrons. The zero-order valence-electron chi connectivity index (χ0n) is 21.4. The maximum absolute atomic E-state index is 13.9. The zero-order chi connectivity index (χ0) is 24.2. The maximum atomic E-state index is 13.9. The van der Waals surface area contributed by atoms with Crippen molar-refractivity contribution in [3.05, 3.63) is 29.3 Å². The van der Waals surface area contributed by atoms with Crippen LogP contribution in [0.15, 0.2) is 18.2 Å². The lowest BCUT2D eigenvalue weighted by Gasteiger charge is -2.54. The van der Waals surface area contributed by atoms with Gasteiger partial charge in [-0.2, -0.15) is 0 Å². The first-order chi connectivity index (χ1) is 17.0. The summed E-state index contributed by atoms with van der Waals surface area (Å²) >= 11 is 0. The van der Waals surface area contributed by atoms with E-state index in [0.717, 1.165) is 76.4 Å². The number of esters is 1. The van der Waals surface area contributed by atoms with Gasteiger partial charge in [0.25, 0.3) is 0 Å². The molecule has 0 spiro atoms. The van der Waals surface area contributed by atoms with Gasteiger partial charge in [0.1, 0.15) is 11.4 Å². The SMILES string of the molecule is COc1ccc2c(c1)[C@]13CCCN(CC4CC4)[C@H](C2)[C@]1(OC(C)=O)C[C@@H](C(=O)N1CCCCC1)C3. The first kappa shape index (κ1) is 23.3. The van der Waals surface area contributed by atoms with Crippen molar-refractivity contribution >= 4 is 11.9 Å². The molecule has 0 aromatic heterocycles. The molecule has 6 rings (SSSR count). The van der Waals surface area contributed by atoms with Crippen molar-refractivity contribution in [2.75, 3.05) is 33.3 Å². The largest absolute Gasteiger partial charge is 0.497 e. The summed E-state index contributed by atoms with van der Waals surface area (Å²) in [6.07, 6.45) is 10.3. The number of hydrogen-bond acceptors (Lipinski definition) is 5. The Bertz CT molecular complexity index is 1000. The molecule has 35 heavy (non-hydrogen) atoms. The number of piperidine rings is 1. The molecular weight excluding hydrogens is 440 g/mol. The highest BCUT2D eigenvalue weighted by molar-refractivity contribution is 5.80. The highest BCUT2D eigenvalue weighted by Gasteiger charge is 2.69. The third-order valence-electron chi connectivity index (χ3n) is 9.76. The molecule has 5 aliphatic rings. The van der Waals surface area contributed by atoms with E-state index in [0.29, 0.717) is 6.42 Å². The van der Waals surface area contributed by atoms with E-state index in [1.807, 2.05) is 0 Å². The first-order valence-electron chi connectivity index (χ1n) is 13.9. The van der Waals surface area contributed by atoms with Crippen LogP contribution in [0.25, 0.3) is 0 Å². The third-order valence-corrected chi connectivity index (χ3v) is 9.76. The first-order valence-corrected chi connectivity index (χ1v) is 13.9. The molecule has 4 atom stereocenters. The van der Waals surface area contributed by atoms with Gasteiger partial charge in [0.05, 0.1) is 13.2 Å². The Hall–Kier alpha value is -2.08. The Labute approximate surface area is 209 Å². The predicted molar refractivity (Wildman–Crippen MR) is 133 cm³/mol. The minimum Gasteiger partial charge on any atom is -0.497 e. The van der Waals surface area contributed by atoms with Gasteiger partial charge in [-0.1, -0.05) is 6.07 Å². The summed E-state index contributed by atoms with van der Waals surface area (Å²) < 4.78 is 12.2. The molecule has 2 saturated heterocycles. The molecule has 3 aliphatic carbocycles. The van der Waals surface area contributed by atoms with Crippen LogP contribution in [0.2, 0.25) is 0 Å². The van der Waals surface area contributed by atoms with E-state index in [2.05, 4.69) is 28.0 Å². The van der Waals surface area contributed by atoms with E-state index >= 15 is 0 Å². The molecule has 2 saturated carbocycles. The van der Waals surface area contributed by atoms with E-state index in [4.69, 9.17) is 9.47 Å². The smallest absolute Gasteiger partial charge is 0.303 e. The van der Waals surface area contributed by atoms with Crippen LogP contribution in [0.4, 0.5) is 0 Å². The standard InChI is InChI=1S/C29H40N2O4/c1-20(32)35-29-18-23(27(33)30-12-4-3-5-13-30)17-28(29)11-6-14-31(19-21-7-8-21)26(29)15-22-9-10-24(34-2)16-25(22)28/h9-10,16,21,23,26H,3-8,11-15,17-19H2,1-2H3/t23-,26+,28+,29+/m0/s1. The second-order valence-corrected chi connectivity index (χ2v) is 11.8. The third kappa shape index (κ3) is 3.78. The van der Waals surface area contributed by atoms with Crippen molar-refractivity contribution in [3.63, 3.8) is 0 Å². The fraction of sp³-hybridized carbons (Fsp3) is 0.724. The van der Waals surface area contributed by atoms with Gasteiger partial charge in [-0.3, -0.25) is 14.5 Å². The lowest BCUT2D eigenvalue weighted by Crippen LogP contribution is -2.65. The zero-order valence-corrected chi connectivity index (χ0v) is 21.4. The minimum atomic E-state index is -0.667. The number of benzene rings is 1. The van der Waals surface area contributed by atoms with Crippen LogP contribution in [-0.4, -0.2) is 66.6 Å². The molecule has 6 heteroatoms. The molecule has 0 N–H and O–H groups in total. The van der Waals surface area contributed by atoms with Crippen molar-refractivity contribution < 1.29 is 19.1 Å². The molecular formula is C29H40N2O4. The number of nitrogens with zero attached hydrogens (tertiary/aromatic N) is 2. The fourth-order valence-electron chi connectivity index (χ4n) is 8.17. The van der Waals surface area contributed by atoms with Crippen LogP contribution in [0.1, 0.15) is 75.8 Å². The van der Waals surface area contributed by atoms with E-state index < -0.39 is 5.60 Å². The van der Waals surface area contributed by atoms with E-state index in [9.17, 15) is 9.59 Å². The Morgan fingerprint density at radius 3 is 2.57 bits per heavy atom. The summed E-state index contributed by atoms with van der Waals surface area (Å²) in [7, 11) is 1.71. The van der Waals surface area contributed by atoms with Crippen LogP contribution < -0.4 is 4.74 Å². The van der Waals surface area contributed by atoms with Gasteiger partial charge in [0.15, 0.2) is 0 Å². The Morgan fingerprint density at radius 1 is 1.06 bits per heavy atom. The van der Waals surface area contributed by atoms with Crippen LogP contribution in [-0.2, 0) is 26.2 Å². The van der Waals surface area contributed by atoms with E-state index in [1.165, 1.54) is 30.4 Å². The van der Waals surface area contributed by atoms with Gasteiger partial charge in [-0.25, -0.2) is 0 Å². The van der Waals surface area contributed by atoms with Crippen LogP contribution in [0.3, 0.4) is 0 Å². The minimum absolute atomic E-state index is 0.104. The molecule has 1 aromatic carbocycles. The Balaban J connectivity index is 1.48. The molecule has 1 aromatic rings. The van der Waals surface area contributed by atoms with Crippen LogP contribution in [0, 0.1) is 11.8 Å². The molecule has 1 amide bonds. The molecule has 0 unspecified atom stereocenters. The van der Waals surface area contributed by atoms with Gasteiger partial charge in [-0.05, 0) is 93.5 Å². The summed E-state index contributed by atoms with van der Waals surface area (Å²) in [5.41, 5.74) is 1.59. The molecule has 2 heterocycles. The van der Waals surface area contributed by atoms with Crippen LogP contribution in [0.5, 0.6) is 5.75 Å². The molecule has 2 bridgehead atoms. The molecule has 4 fully saturated rings. The van der Waals surface area contributed by atoms with Crippen molar-refractivity contribution in [2.24, 2.45) is 11.8 Å². The van der Waals surface area contributed by atoms with Crippen LogP contribution >= 0.6 is 0 Å². The number of methoxy groups -OCH3 is 1. The average Bonchev–Trinajstić information content (AvgIpc) is 3.62. The van der Waals surface area contributed by atoms with Crippen molar-refractivity contribution in [3.8, 4) is 5.75 Å². The number of likely N-dealkylation sites (tertiary alicyclic amines) is 2. The van der Waals surface area contributed by atoms with Gasteiger partial charge < -0.3 is 14.4 Å². The second kappa shape index (κ2) is 8.79. The van der Waals surface area contributed by atoms with Gasteiger partial charge in [-0.15, -0.1) is 0 Å². The summed E-state index contributed by atoms with van der Waals surface area (Å²) in [4.78, 5) is 31.4.